The minimum atomic E-state index is -0.513. The van der Waals surface area contributed by atoms with Crippen molar-refractivity contribution in [3.8, 4) is 11.8 Å². The molecule has 0 spiro atoms. The molecule has 2 heterocycles. The van der Waals surface area contributed by atoms with E-state index in [1.807, 2.05) is 51.1 Å². The van der Waals surface area contributed by atoms with Crippen LogP contribution in [0.2, 0.25) is 0 Å². The number of carbonyl (C=O) groups is 1. The maximum absolute atomic E-state index is 12.4. The van der Waals surface area contributed by atoms with Crippen LogP contribution in [0.5, 0.6) is 11.8 Å². The molecule has 25 heavy (non-hydrogen) atoms. The predicted octanol–water partition coefficient (Wildman–Crippen LogP) is 2.86. The van der Waals surface area contributed by atoms with E-state index in [0.29, 0.717) is 24.8 Å². The first-order valence-corrected chi connectivity index (χ1v) is 8.41. The van der Waals surface area contributed by atoms with Crippen LogP contribution in [0.15, 0.2) is 30.3 Å². The number of ether oxygens (including phenoxy) is 2. The van der Waals surface area contributed by atoms with Gasteiger partial charge in [-0.05, 0) is 56.2 Å². The molecule has 0 bridgehead atoms. The van der Waals surface area contributed by atoms with Gasteiger partial charge in [0.05, 0.1) is 12.6 Å². The molecule has 1 amide bonds. The summed E-state index contributed by atoms with van der Waals surface area (Å²) in [7, 11) is 0. The van der Waals surface area contributed by atoms with Crippen molar-refractivity contribution in [2.24, 2.45) is 0 Å². The maximum atomic E-state index is 12.4. The zero-order valence-corrected chi connectivity index (χ0v) is 14.8. The van der Waals surface area contributed by atoms with E-state index >= 15 is 0 Å². The van der Waals surface area contributed by atoms with Gasteiger partial charge in [0.1, 0.15) is 11.4 Å². The van der Waals surface area contributed by atoms with Gasteiger partial charge in [0, 0.05) is 6.54 Å². The van der Waals surface area contributed by atoms with Crippen molar-refractivity contribution in [3.05, 3.63) is 30.3 Å². The Balaban J connectivity index is 1.68. The van der Waals surface area contributed by atoms with Gasteiger partial charge >= 0.3 is 12.1 Å². The van der Waals surface area contributed by atoms with Gasteiger partial charge in [-0.15, -0.1) is 0 Å². The Hall–Kier alpha value is -2.64. The number of benzene rings is 1. The molecular formula is C17H23N5O3. The molecule has 1 atom stereocenters. The Labute approximate surface area is 146 Å². The molecule has 8 heteroatoms. The highest BCUT2D eigenvalue weighted by molar-refractivity contribution is 5.68. The van der Waals surface area contributed by atoms with Gasteiger partial charge in [0.25, 0.3) is 0 Å². The molecule has 1 aliphatic rings. The molecule has 2 aromatic rings. The van der Waals surface area contributed by atoms with E-state index in [2.05, 4.69) is 15.5 Å². The van der Waals surface area contributed by atoms with Crippen LogP contribution < -0.4 is 4.74 Å². The summed E-state index contributed by atoms with van der Waals surface area (Å²) in [5.74, 6) is 0.661. The van der Waals surface area contributed by atoms with E-state index in [-0.39, 0.29) is 12.1 Å². The third-order valence-electron chi connectivity index (χ3n) is 3.84. The van der Waals surface area contributed by atoms with Crippen molar-refractivity contribution in [2.75, 3.05) is 6.54 Å². The highest BCUT2D eigenvalue weighted by Gasteiger charge is 2.33. The number of amides is 1. The summed E-state index contributed by atoms with van der Waals surface area (Å²) in [6.45, 7) is 6.74. The first kappa shape index (κ1) is 17.2. The molecule has 1 aliphatic heterocycles. The Morgan fingerprint density at radius 2 is 2.04 bits per heavy atom. The lowest BCUT2D eigenvalue weighted by Gasteiger charge is -2.28. The second-order valence-electron chi connectivity index (χ2n) is 7.03. The number of aromatic nitrogens is 4. The monoisotopic (exact) mass is 345 g/mol. The van der Waals surface area contributed by atoms with Crippen LogP contribution in [-0.2, 0) is 11.3 Å². The van der Waals surface area contributed by atoms with Gasteiger partial charge in [-0.3, -0.25) is 0 Å². The molecule has 0 unspecified atom stereocenters. The highest BCUT2D eigenvalue weighted by atomic mass is 16.6. The summed E-state index contributed by atoms with van der Waals surface area (Å²) in [6.07, 6.45) is 1.51. The fourth-order valence-corrected chi connectivity index (χ4v) is 2.76. The van der Waals surface area contributed by atoms with Gasteiger partial charge in [-0.25, -0.2) is 4.79 Å². The van der Waals surface area contributed by atoms with E-state index in [1.165, 1.54) is 0 Å². The molecular weight excluding hydrogens is 322 g/mol. The van der Waals surface area contributed by atoms with Crippen LogP contribution in [0.4, 0.5) is 4.79 Å². The second kappa shape index (κ2) is 7.08. The van der Waals surface area contributed by atoms with Crippen molar-refractivity contribution >= 4 is 6.09 Å². The van der Waals surface area contributed by atoms with E-state index in [9.17, 15) is 4.79 Å². The van der Waals surface area contributed by atoms with Crippen molar-refractivity contribution in [1.29, 1.82) is 0 Å². The molecule has 0 radical (unpaired) electrons. The van der Waals surface area contributed by atoms with Gasteiger partial charge in [-0.1, -0.05) is 23.3 Å². The Morgan fingerprint density at radius 1 is 1.28 bits per heavy atom. The Morgan fingerprint density at radius 3 is 2.76 bits per heavy atom. The molecule has 3 rings (SSSR count). The van der Waals surface area contributed by atoms with E-state index in [4.69, 9.17) is 9.47 Å². The number of hydrogen-bond acceptors (Lipinski definition) is 6. The van der Waals surface area contributed by atoms with E-state index in [0.717, 1.165) is 12.8 Å². The molecule has 1 aromatic heterocycles. The molecule has 134 valence electrons. The molecule has 1 saturated heterocycles. The lowest BCUT2D eigenvalue weighted by Crippen LogP contribution is -2.41. The van der Waals surface area contributed by atoms with Crippen LogP contribution >= 0.6 is 0 Å². The Kier molecular flexibility index (Phi) is 4.87. The lowest BCUT2D eigenvalue weighted by molar-refractivity contribution is 0.0209. The van der Waals surface area contributed by atoms with Crippen LogP contribution in [-0.4, -0.2) is 49.4 Å². The number of carbonyl (C=O) groups excluding carboxylic acids is 1. The highest BCUT2D eigenvalue weighted by Crippen LogP contribution is 2.24. The quantitative estimate of drug-likeness (QED) is 0.847. The average molecular weight is 345 g/mol. The number of hydrogen-bond donors (Lipinski definition) is 0. The van der Waals surface area contributed by atoms with Gasteiger partial charge < -0.3 is 14.4 Å². The van der Waals surface area contributed by atoms with Crippen LogP contribution in [0, 0.1) is 0 Å². The number of nitrogens with zero attached hydrogens (tertiary/aromatic N) is 5. The maximum Gasteiger partial charge on any atom is 0.410 e. The summed E-state index contributed by atoms with van der Waals surface area (Å²) < 4.78 is 12.8. The average Bonchev–Trinajstić information content (AvgIpc) is 3.17. The summed E-state index contributed by atoms with van der Waals surface area (Å²) >= 11 is 0. The molecule has 8 nitrogen and oxygen atoms in total. The van der Waals surface area contributed by atoms with Crippen molar-refractivity contribution in [1.82, 2.24) is 25.1 Å². The predicted molar refractivity (Wildman–Crippen MR) is 90.3 cm³/mol. The van der Waals surface area contributed by atoms with Gasteiger partial charge in [0.15, 0.2) is 0 Å². The Bertz CT molecular complexity index is 711. The zero-order valence-electron chi connectivity index (χ0n) is 14.8. The smallest absolute Gasteiger partial charge is 0.410 e. The molecule has 0 aliphatic carbocycles. The molecule has 1 fully saturated rings. The third kappa shape index (κ3) is 4.46. The molecule has 0 saturated carbocycles. The standard InChI is InChI=1S/C17H23N5O3/c1-17(2,3)25-16(23)21-11-7-8-13(21)12-22-15(18-19-20-22)24-14-9-5-4-6-10-14/h4-6,9-10,13H,7-8,11-12H2,1-3H3/t13-/m0/s1. The topological polar surface area (TPSA) is 82.4 Å². The van der Waals surface area contributed by atoms with Crippen molar-refractivity contribution < 1.29 is 14.3 Å². The van der Waals surface area contributed by atoms with Crippen molar-refractivity contribution in [2.45, 2.75) is 51.8 Å². The summed E-state index contributed by atoms with van der Waals surface area (Å²) in [4.78, 5) is 14.1. The lowest BCUT2D eigenvalue weighted by atomic mass is 10.2. The number of rotatable bonds is 4. The van der Waals surface area contributed by atoms with Crippen molar-refractivity contribution in [3.63, 3.8) is 0 Å². The van der Waals surface area contributed by atoms with Crippen LogP contribution in [0.3, 0.4) is 0 Å². The zero-order chi connectivity index (χ0) is 17.9. The van der Waals surface area contributed by atoms with E-state index < -0.39 is 5.60 Å². The van der Waals surface area contributed by atoms with Gasteiger partial charge in [-0.2, -0.15) is 4.68 Å². The molecule has 0 N–H and O–H groups in total. The number of likely N-dealkylation sites (tertiary alicyclic amines) is 1. The van der Waals surface area contributed by atoms with Crippen LogP contribution in [0.25, 0.3) is 0 Å². The number of para-hydroxylation sites is 1. The summed E-state index contributed by atoms with van der Waals surface area (Å²) in [6, 6.07) is 9.63. The van der Waals surface area contributed by atoms with Gasteiger partial charge in [0.2, 0.25) is 0 Å². The summed E-state index contributed by atoms with van der Waals surface area (Å²) in [5.41, 5.74) is -0.513. The summed E-state index contributed by atoms with van der Waals surface area (Å²) in [5, 5.41) is 11.6. The minimum Gasteiger partial charge on any atom is -0.444 e. The molecule has 1 aromatic carbocycles. The number of tetrazole rings is 1. The SMILES string of the molecule is CC(C)(C)OC(=O)N1CCC[C@H]1Cn1nnnc1Oc1ccccc1. The first-order chi connectivity index (χ1) is 11.9. The fraction of sp³-hybridized carbons (Fsp3) is 0.529. The minimum absolute atomic E-state index is 0.0172. The van der Waals surface area contributed by atoms with E-state index in [1.54, 1.807) is 9.58 Å². The third-order valence-corrected chi connectivity index (χ3v) is 3.84. The van der Waals surface area contributed by atoms with Crippen LogP contribution in [0.1, 0.15) is 33.6 Å². The normalized spacial score (nSPS) is 17.6. The first-order valence-electron chi connectivity index (χ1n) is 8.41. The second-order valence-corrected chi connectivity index (χ2v) is 7.03. The largest absolute Gasteiger partial charge is 0.444 e. The fourth-order valence-electron chi connectivity index (χ4n) is 2.76.